The molecule has 0 atom stereocenters. The Labute approximate surface area is 146 Å². The zero-order chi connectivity index (χ0) is 18.1. The van der Waals surface area contributed by atoms with Crippen molar-refractivity contribution < 1.29 is 18.4 Å². The molecule has 0 aliphatic carbocycles. The van der Waals surface area contributed by atoms with Crippen LogP contribution < -0.4 is 10.3 Å². The molecule has 3 rings (SSSR count). The van der Waals surface area contributed by atoms with Crippen LogP contribution >= 0.6 is 15.9 Å². The minimum atomic E-state index is -3.20. The Kier molecular flexibility index (Phi) is 4.45. The summed E-state index contributed by atoms with van der Waals surface area (Å²) in [5.74, 6) is -0.588. The van der Waals surface area contributed by atoms with Crippen molar-refractivity contribution in [2.45, 2.75) is 6.61 Å². The number of ether oxygens (including phenoxy) is 1. The third kappa shape index (κ3) is 3.33. The van der Waals surface area contributed by atoms with Crippen molar-refractivity contribution in [3.63, 3.8) is 0 Å². The second-order valence-corrected chi connectivity index (χ2v) is 5.78. The Balaban J connectivity index is 2.16. The van der Waals surface area contributed by atoms with Crippen molar-refractivity contribution in [1.82, 2.24) is 9.55 Å². The topological polar surface area (TPSA) is 87.3 Å². The number of rotatable bonds is 4. The molecule has 3 aromatic rings. The van der Waals surface area contributed by atoms with Crippen LogP contribution in [0.4, 0.5) is 14.5 Å². The summed E-state index contributed by atoms with van der Waals surface area (Å²) < 4.78 is 30.7. The Morgan fingerprint density at radius 2 is 2.00 bits per heavy atom. The van der Waals surface area contributed by atoms with E-state index in [2.05, 4.69) is 25.7 Å². The lowest BCUT2D eigenvalue weighted by molar-refractivity contribution is -0.386. The fraction of sp³-hybridized carbons (Fsp3) is 0.0667. The highest BCUT2D eigenvalue weighted by atomic mass is 79.9. The molecule has 0 aliphatic heterocycles. The van der Waals surface area contributed by atoms with Gasteiger partial charge in [0.2, 0.25) is 5.75 Å². The molecule has 0 saturated heterocycles. The van der Waals surface area contributed by atoms with Crippen molar-refractivity contribution in [2.75, 3.05) is 0 Å². The quantitative estimate of drug-likeness (QED) is 0.482. The third-order valence-corrected chi connectivity index (χ3v) is 3.85. The van der Waals surface area contributed by atoms with Crippen LogP contribution in [0.2, 0.25) is 0 Å². The van der Waals surface area contributed by atoms with E-state index in [0.717, 1.165) is 21.2 Å². The van der Waals surface area contributed by atoms with E-state index in [1.807, 2.05) is 0 Å². The first kappa shape index (κ1) is 17.0. The number of halogens is 3. The second kappa shape index (κ2) is 6.55. The van der Waals surface area contributed by atoms with Crippen LogP contribution in [0.5, 0.6) is 5.75 Å². The van der Waals surface area contributed by atoms with E-state index in [0.29, 0.717) is 10.9 Å². The molecule has 1 heterocycles. The van der Waals surface area contributed by atoms with Crippen LogP contribution in [0, 0.1) is 10.1 Å². The lowest BCUT2D eigenvalue weighted by Crippen LogP contribution is -2.19. The fourth-order valence-corrected chi connectivity index (χ4v) is 2.62. The van der Waals surface area contributed by atoms with Crippen LogP contribution in [-0.2, 0) is 0 Å². The first-order chi connectivity index (χ1) is 11.9. The number of aromatic nitrogens is 2. The highest BCUT2D eigenvalue weighted by molar-refractivity contribution is 9.10. The zero-order valence-corrected chi connectivity index (χ0v) is 13.8. The summed E-state index contributed by atoms with van der Waals surface area (Å²) in [6.45, 7) is -3.20. The highest BCUT2D eigenvalue weighted by Gasteiger charge is 2.20. The third-order valence-electron chi connectivity index (χ3n) is 3.35. The SMILES string of the molecule is O=c1c2ccc(Br)cc2ncn1-c1ccc(OC(F)F)c([N+](=O)[O-])c1. The molecule has 10 heteroatoms. The molecule has 0 spiro atoms. The first-order valence-corrected chi connectivity index (χ1v) is 7.56. The Bertz CT molecular complexity index is 1040. The molecule has 128 valence electrons. The predicted molar refractivity (Wildman–Crippen MR) is 88.3 cm³/mol. The van der Waals surface area contributed by atoms with Gasteiger partial charge < -0.3 is 4.74 Å². The fourth-order valence-electron chi connectivity index (χ4n) is 2.27. The van der Waals surface area contributed by atoms with Crippen molar-refractivity contribution in [3.05, 3.63) is 67.7 Å². The molecule has 0 aliphatic rings. The summed E-state index contributed by atoms with van der Waals surface area (Å²) in [5, 5.41) is 11.4. The number of benzene rings is 2. The molecule has 0 amide bonds. The summed E-state index contributed by atoms with van der Waals surface area (Å²) in [6, 6.07) is 8.14. The van der Waals surface area contributed by atoms with Crippen LogP contribution in [0.25, 0.3) is 16.6 Å². The predicted octanol–water partition coefficient (Wildman–Crippen LogP) is 3.66. The van der Waals surface area contributed by atoms with Gasteiger partial charge in [-0.1, -0.05) is 15.9 Å². The van der Waals surface area contributed by atoms with Gasteiger partial charge >= 0.3 is 12.3 Å². The molecule has 7 nitrogen and oxygen atoms in total. The van der Waals surface area contributed by atoms with Gasteiger partial charge in [-0.05, 0) is 30.3 Å². The van der Waals surface area contributed by atoms with Gasteiger partial charge in [0, 0.05) is 10.5 Å². The van der Waals surface area contributed by atoms with Crippen LogP contribution in [-0.4, -0.2) is 21.1 Å². The van der Waals surface area contributed by atoms with Gasteiger partial charge in [-0.3, -0.25) is 19.5 Å². The van der Waals surface area contributed by atoms with Gasteiger partial charge in [0.15, 0.2) is 0 Å². The van der Waals surface area contributed by atoms with Crippen molar-refractivity contribution in [3.8, 4) is 11.4 Å². The number of hydrogen-bond donors (Lipinski definition) is 0. The van der Waals surface area contributed by atoms with Crippen LogP contribution in [0.15, 0.2) is 52.0 Å². The van der Waals surface area contributed by atoms with Crippen molar-refractivity contribution >= 4 is 32.5 Å². The molecule has 25 heavy (non-hydrogen) atoms. The maximum absolute atomic E-state index is 12.6. The molecule has 0 radical (unpaired) electrons. The zero-order valence-electron chi connectivity index (χ0n) is 12.2. The lowest BCUT2D eigenvalue weighted by atomic mass is 10.2. The summed E-state index contributed by atoms with van der Waals surface area (Å²) in [7, 11) is 0. The van der Waals surface area contributed by atoms with Crippen LogP contribution in [0.3, 0.4) is 0 Å². The average Bonchev–Trinajstić information content (AvgIpc) is 2.55. The standard InChI is InChI=1S/C15H8BrF2N3O4/c16-8-1-3-10-11(5-8)19-7-20(14(10)22)9-2-4-13(25-15(17)18)12(6-9)21(23)24/h1-7,15H. The molecule has 2 aromatic carbocycles. The minimum Gasteiger partial charge on any atom is -0.427 e. The molecule has 1 aromatic heterocycles. The normalized spacial score (nSPS) is 11.0. The van der Waals surface area contributed by atoms with Gasteiger partial charge in [-0.25, -0.2) is 4.98 Å². The van der Waals surface area contributed by atoms with Crippen molar-refractivity contribution in [2.24, 2.45) is 0 Å². The van der Waals surface area contributed by atoms with E-state index in [9.17, 15) is 23.7 Å². The Hall–Kier alpha value is -2.88. The minimum absolute atomic E-state index is 0.107. The summed E-state index contributed by atoms with van der Waals surface area (Å²) >= 11 is 3.27. The van der Waals surface area contributed by atoms with Gasteiger partial charge in [0.05, 0.1) is 21.5 Å². The number of hydrogen-bond acceptors (Lipinski definition) is 5. The monoisotopic (exact) mass is 411 g/mol. The van der Waals surface area contributed by atoms with E-state index in [-0.39, 0.29) is 5.69 Å². The van der Waals surface area contributed by atoms with E-state index in [1.54, 1.807) is 18.2 Å². The van der Waals surface area contributed by atoms with E-state index in [1.165, 1.54) is 12.4 Å². The Morgan fingerprint density at radius 3 is 2.68 bits per heavy atom. The maximum atomic E-state index is 12.6. The van der Waals surface area contributed by atoms with Gasteiger partial charge in [0.1, 0.15) is 6.33 Å². The van der Waals surface area contributed by atoms with Gasteiger partial charge in [-0.15, -0.1) is 0 Å². The van der Waals surface area contributed by atoms with E-state index < -0.39 is 28.5 Å². The molecular weight excluding hydrogens is 404 g/mol. The largest absolute Gasteiger partial charge is 0.427 e. The summed E-state index contributed by atoms with van der Waals surface area (Å²) in [5.41, 5.74) is -0.576. The van der Waals surface area contributed by atoms with E-state index in [4.69, 9.17) is 0 Å². The molecule has 0 unspecified atom stereocenters. The number of nitro groups is 1. The summed E-state index contributed by atoms with van der Waals surface area (Å²) in [4.78, 5) is 26.9. The molecule has 0 bridgehead atoms. The first-order valence-electron chi connectivity index (χ1n) is 6.77. The van der Waals surface area contributed by atoms with E-state index >= 15 is 0 Å². The van der Waals surface area contributed by atoms with Gasteiger partial charge in [0.25, 0.3) is 5.56 Å². The molecule has 0 fully saturated rings. The summed E-state index contributed by atoms with van der Waals surface area (Å²) in [6.07, 6.45) is 1.21. The number of alkyl halides is 2. The molecular formula is C15H8BrF2N3O4. The number of nitrogens with zero attached hydrogens (tertiary/aromatic N) is 3. The highest BCUT2D eigenvalue weighted by Crippen LogP contribution is 2.30. The average molecular weight is 412 g/mol. The Morgan fingerprint density at radius 1 is 1.24 bits per heavy atom. The molecule has 0 saturated carbocycles. The van der Waals surface area contributed by atoms with Gasteiger partial charge in [-0.2, -0.15) is 8.78 Å². The van der Waals surface area contributed by atoms with Crippen molar-refractivity contribution in [1.29, 1.82) is 0 Å². The lowest BCUT2D eigenvalue weighted by Gasteiger charge is -2.09. The van der Waals surface area contributed by atoms with Crippen LogP contribution in [0.1, 0.15) is 0 Å². The number of fused-ring (bicyclic) bond motifs is 1. The smallest absolute Gasteiger partial charge is 0.387 e. The number of nitro benzene ring substituents is 1. The molecule has 0 N–H and O–H groups in total. The second-order valence-electron chi connectivity index (χ2n) is 4.87. The maximum Gasteiger partial charge on any atom is 0.387 e.